The Hall–Kier alpha value is -2.40. The first-order valence-electron chi connectivity index (χ1n) is 8.38. The van der Waals surface area contributed by atoms with Crippen LogP contribution in [0.25, 0.3) is 0 Å². The second kappa shape index (κ2) is 7.45. The minimum Gasteiger partial charge on any atom is -0.370 e. The fourth-order valence-electron chi connectivity index (χ4n) is 3.34. The van der Waals surface area contributed by atoms with Crippen molar-refractivity contribution in [3.8, 4) is 0 Å². The van der Waals surface area contributed by atoms with Crippen LogP contribution in [0, 0.1) is 12.8 Å². The summed E-state index contributed by atoms with van der Waals surface area (Å²) in [6.45, 7) is 4.66. The second-order valence-electron chi connectivity index (χ2n) is 6.46. The van der Waals surface area contributed by atoms with Crippen molar-refractivity contribution in [1.29, 1.82) is 0 Å². The number of aromatic nitrogens is 1. The molecular weight excluding hydrogens is 300 g/mol. The molecule has 0 radical (unpaired) electrons. The van der Waals surface area contributed by atoms with Gasteiger partial charge in [0.2, 0.25) is 5.91 Å². The van der Waals surface area contributed by atoms with Crippen LogP contribution in [0.5, 0.6) is 0 Å². The highest BCUT2D eigenvalue weighted by Gasteiger charge is 2.32. The molecule has 5 nitrogen and oxygen atoms in total. The van der Waals surface area contributed by atoms with Gasteiger partial charge in [0, 0.05) is 19.3 Å². The van der Waals surface area contributed by atoms with E-state index in [0.29, 0.717) is 5.92 Å². The number of nitrogens with one attached hydrogen (secondary N) is 1. The monoisotopic (exact) mass is 324 g/mol. The number of hydrogen-bond acceptors (Lipinski definition) is 4. The third-order valence-corrected chi connectivity index (χ3v) is 4.55. The number of nitrogens with two attached hydrogens (primary N) is 1. The van der Waals surface area contributed by atoms with Gasteiger partial charge in [-0.25, -0.2) is 4.98 Å². The van der Waals surface area contributed by atoms with E-state index in [1.54, 1.807) is 0 Å². The van der Waals surface area contributed by atoms with E-state index in [9.17, 15) is 4.79 Å². The largest absolute Gasteiger partial charge is 0.370 e. The van der Waals surface area contributed by atoms with Crippen molar-refractivity contribution >= 4 is 11.7 Å². The molecule has 0 saturated carbocycles. The quantitative estimate of drug-likeness (QED) is 0.855. The van der Waals surface area contributed by atoms with Crippen molar-refractivity contribution in [3.05, 3.63) is 59.8 Å². The Kier molecular flexibility index (Phi) is 5.11. The number of rotatable bonds is 6. The summed E-state index contributed by atoms with van der Waals surface area (Å²) in [5.41, 5.74) is 7.83. The molecule has 24 heavy (non-hydrogen) atoms. The van der Waals surface area contributed by atoms with Crippen molar-refractivity contribution in [1.82, 2.24) is 9.88 Å². The number of hydrogen-bond donors (Lipinski definition) is 2. The fourth-order valence-corrected chi connectivity index (χ4v) is 3.34. The molecule has 0 unspecified atom stereocenters. The Balaban J connectivity index is 1.60. The zero-order valence-electron chi connectivity index (χ0n) is 14.0. The first-order valence-corrected chi connectivity index (χ1v) is 8.38. The highest BCUT2D eigenvalue weighted by atomic mass is 16.1. The highest BCUT2D eigenvalue weighted by molar-refractivity contribution is 5.81. The number of amides is 1. The Labute approximate surface area is 142 Å². The van der Waals surface area contributed by atoms with Crippen molar-refractivity contribution in [2.24, 2.45) is 11.7 Å². The molecule has 1 aromatic carbocycles. The first kappa shape index (κ1) is 16.5. The lowest BCUT2D eigenvalue weighted by atomic mass is 10.0. The second-order valence-corrected chi connectivity index (χ2v) is 6.46. The summed E-state index contributed by atoms with van der Waals surface area (Å²) in [6, 6.07) is 13.5. The summed E-state index contributed by atoms with van der Waals surface area (Å²) in [7, 11) is 0. The fraction of sp³-hybridized carbons (Fsp3) is 0.368. The van der Waals surface area contributed by atoms with Crippen LogP contribution in [-0.2, 0) is 4.79 Å². The van der Waals surface area contributed by atoms with Gasteiger partial charge in [0.1, 0.15) is 11.9 Å². The van der Waals surface area contributed by atoms with Crippen molar-refractivity contribution in [2.75, 3.05) is 25.0 Å². The van der Waals surface area contributed by atoms with E-state index in [-0.39, 0.29) is 11.9 Å². The molecule has 1 aromatic heterocycles. The Morgan fingerprint density at radius 1 is 1.38 bits per heavy atom. The third kappa shape index (κ3) is 3.92. The minimum atomic E-state index is -0.340. The van der Waals surface area contributed by atoms with Crippen LogP contribution < -0.4 is 11.1 Å². The zero-order valence-corrected chi connectivity index (χ0v) is 14.0. The summed E-state index contributed by atoms with van der Waals surface area (Å²) in [6.07, 6.45) is 2.87. The van der Waals surface area contributed by atoms with E-state index in [0.717, 1.165) is 37.4 Å². The Morgan fingerprint density at radius 2 is 2.17 bits per heavy atom. The molecule has 3 N–H and O–H groups in total. The van der Waals surface area contributed by atoms with Crippen LogP contribution in [-0.4, -0.2) is 35.4 Å². The predicted molar refractivity (Wildman–Crippen MR) is 95.5 cm³/mol. The SMILES string of the molecule is Cc1ccnc(NC[C@H]2CCN([C@@H](C(N)=O)c3ccccc3)C2)c1. The molecule has 1 saturated heterocycles. The van der Waals surface area contributed by atoms with Gasteiger partial charge in [-0.3, -0.25) is 9.69 Å². The van der Waals surface area contributed by atoms with Crippen LogP contribution in [0.2, 0.25) is 0 Å². The number of anilines is 1. The van der Waals surface area contributed by atoms with E-state index < -0.39 is 0 Å². The number of nitrogens with zero attached hydrogens (tertiary/aromatic N) is 2. The smallest absolute Gasteiger partial charge is 0.239 e. The van der Waals surface area contributed by atoms with Gasteiger partial charge in [0.25, 0.3) is 0 Å². The molecule has 1 aliphatic rings. The highest BCUT2D eigenvalue weighted by Crippen LogP contribution is 2.27. The van der Waals surface area contributed by atoms with Crippen LogP contribution in [0.3, 0.4) is 0 Å². The van der Waals surface area contributed by atoms with Gasteiger partial charge in [0.15, 0.2) is 0 Å². The van der Waals surface area contributed by atoms with Gasteiger partial charge in [0.05, 0.1) is 0 Å². The number of carbonyl (C=O) groups is 1. The summed E-state index contributed by atoms with van der Waals surface area (Å²) >= 11 is 0. The van der Waals surface area contributed by atoms with Gasteiger partial charge in [-0.2, -0.15) is 0 Å². The molecular formula is C19H24N4O. The average molecular weight is 324 g/mol. The number of pyridine rings is 1. The number of primary amides is 1. The van der Waals surface area contributed by atoms with Crippen molar-refractivity contribution in [3.63, 3.8) is 0 Å². The van der Waals surface area contributed by atoms with E-state index in [4.69, 9.17) is 5.73 Å². The molecule has 0 spiro atoms. The average Bonchev–Trinajstić information content (AvgIpc) is 3.02. The van der Waals surface area contributed by atoms with Crippen LogP contribution in [0.1, 0.15) is 23.6 Å². The number of benzene rings is 1. The molecule has 0 aliphatic carbocycles. The Morgan fingerprint density at radius 3 is 2.88 bits per heavy atom. The first-order chi connectivity index (χ1) is 11.6. The van der Waals surface area contributed by atoms with Gasteiger partial charge >= 0.3 is 0 Å². The van der Waals surface area contributed by atoms with Crippen LogP contribution in [0.15, 0.2) is 48.7 Å². The van der Waals surface area contributed by atoms with Crippen molar-refractivity contribution < 1.29 is 4.79 Å². The van der Waals surface area contributed by atoms with Gasteiger partial charge < -0.3 is 11.1 Å². The molecule has 3 rings (SSSR count). The summed E-state index contributed by atoms with van der Waals surface area (Å²) in [4.78, 5) is 18.5. The van der Waals surface area contributed by atoms with Gasteiger partial charge in [-0.1, -0.05) is 30.3 Å². The van der Waals surface area contributed by atoms with Crippen molar-refractivity contribution in [2.45, 2.75) is 19.4 Å². The maximum atomic E-state index is 12.0. The molecule has 1 amide bonds. The third-order valence-electron chi connectivity index (χ3n) is 4.55. The molecule has 126 valence electrons. The lowest BCUT2D eigenvalue weighted by Crippen LogP contribution is -2.36. The minimum absolute atomic E-state index is 0.282. The Bertz CT molecular complexity index is 689. The van der Waals surface area contributed by atoms with E-state index in [2.05, 4.69) is 22.1 Å². The molecule has 1 fully saturated rings. The van der Waals surface area contributed by atoms with Crippen LogP contribution >= 0.6 is 0 Å². The predicted octanol–water partition coefficient (Wildman–Crippen LogP) is 2.35. The summed E-state index contributed by atoms with van der Waals surface area (Å²) in [5.74, 6) is 1.11. The topological polar surface area (TPSA) is 71.2 Å². The maximum absolute atomic E-state index is 12.0. The molecule has 2 atom stereocenters. The van der Waals surface area contributed by atoms with Crippen LogP contribution in [0.4, 0.5) is 5.82 Å². The number of carbonyl (C=O) groups excluding carboxylic acids is 1. The molecule has 0 bridgehead atoms. The number of likely N-dealkylation sites (tertiary alicyclic amines) is 1. The molecule has 5 heteroatoms. The summed E-state index contributed by atoms with van der Waals surface area (Å²) < 4.78 is 0. The number of aryl methyl sites for hydroxylation is 1. The van der Waals surface area contributed by atoms with Gasteiger partial charge in [-0.15, -0.1) is 0 Å². The molecule has 2 aromatic rings. The van der Waals surface area contributed by atoms with E-state index in [1.165, 1.54) is 5.56 Å². The zero-order chi connectivity index (χ0) is 16.9. The normalized spacial score (nSPS) is 19.1. The van der Waals surface area contributed by atoms with E-state index in [1.807, 2.05) is 48.7 Å². The van der Waals surface area contributed by atoms with Gasteiger partial charge in [-0.05, 0) is 49.1 Å². The molecule has 2 heterocycles. The molecule has 1 aliphatic heterocycles. The standard InChI is InChI=1S/C19H24N4O/c1-14-7-9-21-17(11-14)22-12-15-8-10-23(13-15)18(19(20)24)16-5-3-2-4-6-16/h2-7,9,11,15,18H,8,10,12-13H2,1H3,(H2,20,24)(H,21,22)/t15-,18-/m1/s1. The maximum Gasteiger partial charge on any atom is 0.239 e. The lowest BCUT2D eigenvalue weighted by molar-refractivity contribution is -0.123. The van der Waals surface area contributed by atoms with E-state index >= 15 is 0 Å². The lowest BCUT2D eigenvalue weighted by Gasteiger charge is -2.25. The summed E-state index contributed by atoms with van der Waals surface area (Å²) in [5, 5.41) is 3.40.